The van der Waals surface area contributed by atoms with Crippen molar-refractivity contribution in [3.05, 3.63) is 71.8 Å². The van der Waals surface area contributed by atoms with Crippen LogP contribution in [0.15, 0.2) is 60.7 Å². The van der Waals surface area contributed by atoms with E-state index in [0.29, 0.717) is 0 Å². The molecule has 0 bridgehead atoms. The largest absolute Gasteiger partial charge is 0.479 e. The number of carboxylic acids is 2. The van der Waals surface area contributed by atoms with Gasteiger partial charge < -0.3 is 10.2 Å². The number of aliphatic carboxylic acids is 2. The van der Waals surface area contributed by atoms with Crippen LogP contribution >= 0.6 is 0 Å². The third kappa shape index (κ3) is 5.11. The molecule has 0 aromatic heterocycles. The molecule has 0 aliphatic heterocycles. The second-order valence-corrected chi connectivity index (χ2v) is 6.06. The first-order valence-electron chi connectivity index (χ1n) is 6.97. The number of carbonyl (C=O) groups is 2. The lowest BCUT2D eigenvalue weighted by atomic mass is 10.1. The van der Waals surface area contributed by atoms with Crippen molar-refractivity contribution < 1.29 is 36.6 Å². The van der Waals surface area contributed by atoms with Crippen LogP contribution in [-0.4, -0.2) is 30.6 Å². The van der Waals surface area contributed by atoms with Crippen molar-refractivity contribution >= 4 is 22.3 Å². The predicted octanol–water partition coefficient (Wildman–Crippen LogP) is 1.92. The Morgan fingerprint density at radius 3 is 1.32 bits per heavy atom. The van der Waals surface area contributed by atoms with Crippen LogP contribution in [0.1, 0.15) is 23.3 Å². The second kappa shape index (κ2) is 7.88. The minimum absolute atomic E-state index is 0.0637. The van der Waals surface area contributed by atoms with Crippen molar-refractivity contribution in [2.45, 2.75) is 12.2 Å². The van der Waals surface area contributed by atoms with Gasteiger partial charge in [-0.25, -0.2) is 18.0 Å². The molecule has 0 spiro atoms. The van der Waals surface area contributed by atoms with Crippen molar-refractivity contribution in [1.82, 2.24) is 0 Å². The smallest absolute Gasteiger partial charge is 0.402 e. The van der Waals surface area contributed by atoms with E-state index in [0.717, 1.165) is 0 Å². The lowest BCUT2D eigenvalue weighted by molar-refractivity contribution is -0.147. The van der Waals surface area contributed by atoms with E-state index in [-0.39, 0.29) is 11.1 Å². The van der Waals surface area contributed by atoms with Gasteiger partial charge in [-0.1, -0.05) is 60.7 Å². The maximum absolute atomic E-state index is 12.0. The van der Waals surface area contributed by atoms with Gasteiger partial charge in [0.15, 0.2) is 0 Å². The van der Waals surface area contributed by atoms with Gasteiger partial charge in [0.2, 0.25) is 12.2 Å². The highest BCUT2D eigenvalue weighted by Crippen LogP contribution is 2.25. The third-order valence-corrected chi connectivity index (χ3v) is 3.94. The molecular weight excluding hydrogens is 352 g/mol. The summed E-state index contributed by atoms with van der Waals surface area (Å²) in [5, 5.41) is 18.4. The van der Waals surface area contributed by atoms with Crippen molar-refractivity contribution in [3.8, 4) is 0 Å². The SMILES string of the molecule is O=C(O)[C@H](OS(=O)(=O)O[C@@H](C(=O)O)c1ccccc1)c1ccccc1. The van der Waals surface area contributed by atoms with E-state index in [1.807, 2.05) is 0 Å². The van der Waals surface area contributed by atoms with Gasteiger partial charge in [0.05, 0.1) is 0 Å². The molecule has 2 N–H and O–H groups in total. The summed E-state index contributed by atoms with van der Waals surface area (Å²) >= 11 is 0. The number of hydrogen-bond donors (Lipinski definition) is 2. The molecule has 2 aromatic carbocycles. The summed E-state index contributed by atoms with van der Waals surface area (Å²) in [6.45, 7) is 0. The molecule has 0 unspecified atom stereocenters. The summed E-state index contributed by atoms with van der Waals surface area (Å²) < 4.78 is 33.2. The average molecular weight is 366 g/mol. The van der Waals surface area contributed by atoms with E-state index in [1.165, 1.54) is 48.5 Å². The third-order valence-electron chi connectivity index (χ3n) is 3.08. The minimum atomic E-state index is -4.93. The molecule has 2 aromatic rings. The first kappa shape index (κ1) is 18.6. The van der Waals surface area contributed by atoms with Gasteiger partial charge in [-0.05, 0) is 11.1 Å². The summed E-state index contributed by atoms with van der Waals surface area (Å²) in [7, 11) is -4.93. The highest BCUT2D eigenvalue weighted by Gasteiger charge is 2.33. The van der Waals surface area contributed by atoms with Crippen molar-refractivity contribution in [2.24, 2.45) is 0 Å². The molecule has 9 heteroatoms. The second-order valence-electron chi connectivity index (χ2n) is 4.86. The van der Waals surface area contributed by atoms with Crippen LogP contribution in [0.4, 0.5) is 0 Å². The summed E-state index contributed by atoms with van der Waals surface area (Å²) in [4.78, 5) is 22.6. The molecule has 0 amide bonds. The number of hydrogen-bond acceptors (Lipinski definition) is 6. The summed E-state index contributed by atoms with van der Waals surface area (Å²) in [6.07, 6.45) is -3.73. The van der Waals surface area contributed by atoms with E-state index in [9.17, 15) is 28.2 Å². The minimum Gasteiger partial charge on any atom is -0.479 e. The Morgan fingerprint density at radius 2 is 1.04 bits per heavy atom. The summed E-state index contributed by atoms with van der Waals surface area (Å²) in [5.41, 5.74) is 0.127. The fraction of sp³-hybridized carbons (Fsp3) is 0.125. The molecule has 8 nitrogen and oxygen atoms in total. The molecule has 132 valence electrons. The molecular formula is C16H14O8S. The number of benzene rings is 2. The molecule has 0 radical (unpaired) electrons. The van der Waals surface area contributed by atoms with Gasteiger partial charge in [0.25, 0.3) is 0 Å². The Morgan fingerprint density at radius 1 is 0.720 bits per heavy atom. The molecule has 2 rings (SSSR count). The van der Waals surface area contributed by atoms with E-state index in [4.69, 9.17) is 0 Å². The first-order valence-corrected chi connectivity index (χ1v) is 8.30. The maximum Gasteiger partial charge on any atom is 0.402 e. The van der Waals surface area contributed by atoms with E-state index in [1.54, 1.807) is 12.1 Å². The highest BCUT2D eigenvalue weighted by molar-refractivity contribution is 7.81. The van der Waals surface area contributed by atoms with E-state index in [2.05, 4.69) is 8.37 Å². The topological polar surface area (TPSA) is 127 Å². The molecule has 0 saturated heterocycles. The molecule has 0 fully saturated rings. The zero-order valence-corrected chi connectivity index (χ0v) is 13.5. The highest BCUT2D eigenvalue weighted by atomic mass is 32.3. The fourth-order valence-electron chi connectivity index (χ4n) is 1.99. The van der Waals surface area contributed by atoms with Gasteiger partial charge in [-0.2, -0.15) is 8.42 Å². The van der Waals surface area contributed by atoms with Crippen LogP contribution in [-0.2, 0) is 28.4 Å². The Hall–Kier alpha value is -2.75. The van der Waals surface area contributed by atoms with Crippen LogP contribution in [0.25, 0.3) is 0 Å². The van der Waals surface area contributed by atoms with Crippen molar-refractivity contribution in [1.29, 1.82) is 0 Å². The van der Waals surface area contributed by atoms with Crippen LogP contribution < -0.4 is 0 Å². The molecule has 0 aliphatic rings. The Bertz CT molecular complexity index is 767. The quantitative estimate of drug-likeness (QED) is 0.725. The van der Waals surface area contributed by atoms with Gasteiger partial charge in [-0.15, -0.1) is 0 Å². The normalized spacial score (nSPS) is 13.8. The molecule has 0 heterocycles. The van der Waals surface area contributed by atoms with Crippen LogP contribution in [0, 0.1) is 0 Å². The standard InChI is InChI=1S/C16H14O8S/c17-15(18)13(11-7-3-1-4-8-11)23-25(21,22)24-14(16(19)20)12-9-5-2-6-10-12/h1-10,13-14H,(H,17,18)(H,19,20)/t13-,14-/m1/s1. The van der Waals surface area contributed by atoms with Gasteiger partial charge in [0.1, 0.15) is 0 Å². The molecule has 2 atom stereocenters. The lowest BCUT2D eigenvalue weighted by Crippen LogP contribution is -2.25. The molecule has 25 heavy (non-hydrogen) atoms. The fourth-order valence-corrected chi connectivity index (χ4v) is 2.90. The lowest BCUT2D eigenvalue weighted by Gasteiger charge is -2.17. The molecule has 0 aliphatic carbocycles. The van der Waals surface area contributed by atoms with Crippen molar-refractivity contribution in [2.75, 3.05) is 0 Å². The zero-order chi connectivity index (χ0) is 18.4. The summed E-state index contributed by atoms with van der Waals surface area (Å²) in [6, 6.07) is 14.7. The predicted molar refractivity (Wildman–Crippen MR) is 84.7 cm³/mol. The van der Waals surface area contributed by atoms with Crippen LogP contribution in [0.2, 0.25) is 0 Å². The number of carboxylic acid groups (broad SMARTS) is 2. The maximum atomic E-state index is 12.0. The first-order chi connectivity index (χ1) is 11.8. The van der Waals surface area contributed by atoms with Gasteiger partial charge >= 0.3 is 22.3 Å². The van der Waals surface area contributed by atoms with Gasteiger partial charge in [-0.3, -0.25) is 0 Å². The zero-order valence-electron chi connectivity index (χ0n) is 12.7. The summed E-state index contributed by atoms with van der Waals surface area (Å²) in [5.74, 6) is -3.13. The molecule has 0 saturated carbocycles. The Labute approximate surface area is 143 Å². The van der Waals surface area contributed by atoms with Gasteiger partial charge in [0, 0.05) is 0 Å². The monoisotopic (exact) mass is 366 g/mol. The van der Waals surface area contributed by atoms with E-state index >= 15 is 0 Å². The van der Waals surface area contributed by atoms with Crippen LogP contribution in [0.3, 0.4) is 0 Å². The number of rotatable bonds is 8. The Balaban J connectivity index is 2.24. The van der Waals surface area contributed by atoms with E-state index < -0.39 is 34.5 Å². The Kier molecular flexibility index (Phi) is 5.86. The average Bonchev–Trinajstić information content (AvgIpc) is 2.59. The van der Waals surface area contributed by atoms with Crippen LogP contribution in [0.5, 0.6) is 0 Å². The van der Waals surface area contributed by atoms with Crippen molar-refractivity contribution in [3.63, 3.8) is 0 Å².